The number of para-hydroxylation sites is 1. The fourth-order valence-electron chi connectivity index (χ4n) is 6.39. The topological polar surface area (TPSA) is 36.9 Å². The van der Waals surface area contributed by atoms with Gasteiger partial charge in [0.25, 0.3) is 0 Å². The Morgan fingerprint density at radius 2 is 1.69 bits per heavy atom. The number of halogens is 4. The third-order valence-corrected chi connectivity index (χ3v) is 9.15. The minimum atomic E-state index is -4.36. The van der Waals surface area contributed by atoms with Crippen molar-refractivity contribution in [1.29, 1.82) is 0 Å². The van der Waals surface area contributed by atoms with Crippen LogP contribution >= 0.6 is 11.6 Å². The van der Waals surface area contributed by atoms with Gasteiger partial charge in [-0.25, -0.2) is 4.68 Å². The molecular weight excluding hydrogens is 557 g/mol. The molecule has 3 heterocycles. The Labute approximate surface area is 249 Å². The quantitative estimate of drug-likeness (QED) is 0.214. The lowest BCUT2D eigenvalue weighted by Crippen LogP contribution is -2.36. The molecule has 1 aliphatic rings. The van der Waals surface area contributed by atoms with Gasteiger partial charge < -0.3 is 4.98 Å². The number of H-pyrrole nitrogens is 1. The Bertz CT molecular complexity index is 1790. The Morgan fingerprint density at radius 1 is 0.976 bits per heavy atom. The van der Waals surface area contributed by atoms with Gasteiger partial charge in [0.05, 0.1) is 38.7 Å². The van der Waals surface area contributed by atoms with Crippen molar-refractivity contribution >= 4 is 22.5 Å². The van der Waals surface area contributed by atoms with Crippen molar-refractivity contribution in [3.63, 3.8) is 0 Å². The van der Waals surface area contributed by atoms with Crippen molar-refractivity contribution in [2.45, 2.75) is 72.3 Å². The lowest BCUT2D eigenvalue weighted by atomic mass is 9.96. The highest BCUT2D eigenvalue weighted by molar-refractivity contribution is 6.35. The van der Waals surface area contributed by atoms with Crippen LogP contribution in [0.25, 0.3) is 27.8 Å². The van der Waals surface area contributed by atoms with Gasteiger partial charge in [0.1, 0.15) is 0 Å². The zero-order valence-corrected chi connectivity index (χ0v) is 25.2. The van der Waals surface area contributed by atoms with E-state index in [4.69, 9.17) is 16.7 Å². The van der Waals surface area contributed by atoms with E-state index in [1.165, 1.54) is 23.3 Å². The number of hydrogen-bond acceptors (Lipinski definition) is 2. The summed E-state index contributed by atoms with van der Waals surface area (Å²) in [4.78, 5) is 5.60. The molecule has 0 spiro atoms. The highest BCUT2D eigenvalue weighted by atomic mass is 35.5. The first-order chi connectivity index (χ1) is 20.0. The van der Waals surface area contributed by atoms with Crippen LogP contribution < -0.4 is 0 Å². The number of rotatable bonds is 6. The minimum absolute atomic E-state index is 0.457. The zero-order chi connectivity index (χ0) is 30.0. The summed E-state index contributed by atoms with van der Waals surface area (Å²) in [5.41, 5.74) is 9.06. The van der Waals surface area contributed by atoms with E-state index >= 15 is 0 Å². The van der Waals surface area contributed by atoms with Gasteiger partial charge in [-0.05, 0) is 80.1 Å². The SMILES string of the molecule is CCc1cccc(CC)c1-n1nc2c(c1-c1ccc(Cl)c3[nH]ccc13)CN(Cc1ccc(C(F)(F)F)cc1C)C2(C)C. The van der Waals surface area contributed by atoms with Crippen LogP contribution in [-0.4, -0.2) is 19.7 Å². The number of nitrogens with one attached hydrogen (secondary N) is 1. The molecule has 0 saturated heterocycles. The second kappa shape index (κ2) is 10.3. The maximum Gasteiger partial charge on any atom is 0.416 e. The molecule has 4 nitrogen and oxygen atoms in total. The van der Waals surface area contributed by atoms with Gasteiger partial charge in [0, 0.05) is 35.8 Å². The van der Waals surface area contributed by atoms with Crippen molar-refractivity contribution in [1.82, 2.24) is 19.7 Å². The van der Waals surface area contributed by atoms with Gasteiger partial charge in [0.15, 0.2) is 0 Å². The number of fused-ring (bicyclic) bond motifs is 2. The minimum Gasteiger partial charge on any atom is -0.360 e. The second-order valence-corrected chi connectivity index (χ2v) is 12.0. The fraction of sp³-hybridized carbons (Fsp3) is 0.324. The number of nitrogens with zero attached hydrogens (tertiary/aromatic N) is 3. The van der Waals surface area contributed by atoms with Crippen LogP contribution in [-0.2, 0) is 37.6 Å². The molecule has 0 fully saturated rings. The van der Waals surface area contributed by atoms with E-state index in [2.05, 4.69) is 72.6 Å². The molecule has 6 rings (SSSR count). The molecule has 0 bridgehead atoms. The first-order valence-electron chi connectivity index (χ1n) is 14.4. The van der Waals surface area contributed by atoms with Crippen molar-refractivity contribution in [3.05, 3.63) is 105 Å². The van der Waals surface area contributed by atoms with Crippen molar-refractivity contribution < 1.29 is 13.2 Å². The summed E-state index contributed by atoms with van der Waals surface area (Å²) in [6.07, 6.45) is -0.715. The Balaban J connectivity index is 1.53. The third kappa shape index (κ3) is 4.54. The average Bonchev–Trinajstić information content (AvgIpc) is 3.64. The lowest BCUT2D eigenvalue weighted by Gasteiger charge is -2.32. The molecule has 1 N–H and O–H groups in total. The largest absolute Gasteiger partial charge is 0.416 e. The molecular formula is C34H34ClF3N4. The first-order valence-corrected chi connectivity index (χ1v) is 14.7. The van der Waals surface area contributed by atoms with Gasteiger partial charge >= 0.3 is 6.18 Å². The Morgan fingerprint density at radius 3 is 2.33 bits per heavy atom. The van der Waals surface area contributed by atoms with Crippen LogP contribution in [0.1, 0.15) is 66.8 Å². The number of aryl methyl sites for hydroxylation is 3. The van der Waals surface area contributed by atoms with Gasteiger partial charge in [-0.3, -0.25) is 4.90 Å². The summed E-state index contributed by atoms with van der Waals surface area (Å²) in [7, 11) is 0. The summed E-state index contributed by atoms with van der Waals surface area (Å²) in [5, 5.41) is 7.04. The van der Waals surface area contributed by atoms with E-state index < -0.39 is 17.3 Å². The molecule has 3 aromatic carbocycles. The van der Waals surface area contributed by atoms with E-state index in [1.807, 2.05) is 12.3 Å². The van der Waals surface area contributed by atoms with Crippen molar-refractivity contribution in [2.24, 2.45) is 0 Å². The maximum atomic E-state index is 13.3. The van der Waals surface area contributed by atoms with E-state index in [9.17, 15) is 13.2 Å². The van der Waals surface area contributed by atoms with Crippen LogP contribution in [0.15, 0.2) is 60.8 Å². The summed E-state index contributed by atoms with van der Waals surface area (Å²) < 4.78 is 42.2. The van der Waals surface area contributed by atoms with Gasteiger partial charge in [-0.2, -0.15) is 18.3 Å². The molecule has 5 aromatic rings. The first kappa shape index (κ1) is 28.6. The molecule has 0 saturated carbocycles. The van der Waals surface area contributed by atoms with Gasteiger partial charge in [0.2, 0.25) is 0 Å². The number of aromatic nitrogens is 3. The highest BCUT2D eigenvalue weighted by Crippen LogP contribution is 2.47. The Kier molecular flexibility index (Phi) is 7.02. The smallest absolute Gasteiger partial charge is 0.360 e. The van der Waals surface area contributed by atoms with E-state index in [0.717, 1.165) is 57.5 Å². The summed E-state index contributed by atoms with van der Waals surface area (Å²) >= 11 is 6.58. The number of aromatic amines is 1. The van der Waals surface area contributed by atoms with Crippen molar-refractivity contribution in [3.8, 4) is 16.9 Å². The summed E-state index contributed by atoms with van der Waals surface area (Å²) in [6, 6.07) is 16.5. The van der Waals surface area contributed by atoms with Crippen LogP contribution in [0.4, 0.5) is 13.2 Å². The molecule has 42 heavy (non-hydrogen) atoms. The Hall–Kier alpha value is -3.55. The standard InChI is InChI=1S/C34H34ClF3N4/c1-6-21-9-8-10-22(7-2)30(21)42-31(26-13-14-28(35)29-25(26)15-16-39-29)27-19-41(33(4,5)32(27)40-42)18-23-11-12-24(17-20(23)3)34(36,37)38/h8-17,39H,6-7,18-19H2,1-5H3. The number of alkyl halides is 3. The highest BCUT2D eigenvalue weighted by Gasteiger charge is 2.43. The molecule has 0 aliphatic carbocycles. The molecule has 1 aliphatic heterocycles. The predicted octanol–water partition coefficient (Wildman–Crippen LogP) is 9.38. The van der Waals surface area contributed by atoms with Crippen LogP contribution in [0, 0.1) is 6.92 Å². The maximum absolute atomic E-state index is 13.3. The molecule has 0 unspecified atom stereocenters. The third-order valence-electron chi connectivity index (χ3n) is 8.84. The van der Waals surface area contributed by atoms with Gasteiger partial charge in [-0.15, -0.1) is 0 Å². The molecule has 2 aromatic heterocycles. The molecule has 0 atom stereocenters. The zero-order valence-electron chi connectivity index (χ0n) is 24.5. The molecule has 0 radical (unpaired) electrons. The van der Waals surface area contributed by atoms with E-state index in [-0.39, 0.29) is 0 Å². The van der Waals surface area contributed by atoms with E-state index in [1.54, 1.807) is 13.0 Å². The van der Waals surface area contributed by atoms with Crippen LogP contribution in [0.3, 0.4) is 0 Å². The second-order valence-electron chi connectivity index (χ2n) is 11.6. The monoisotopic (exact) mass is 590 g/mol. The van der Waals surface area contributed by atoms with E-state index in [0.29, 0.717) is 23.7 Å². The predicted molar refractivity (Wildman–Crippen MR) is 163 cm³/mol. The average molecular weight is 591 g/mol. The number of benzene rings is 3. The summed E-state index contributed by atoms with van der Waals surface area (Å²) in [5.74, 6) is 0. The fourth-order valence-corrected chi connectivity index (χ4v) is 6.61. The van der Waals surface area contributed by atoms with Gasteiger partial charge in [-0.1, -0.05) is 55.8 Å². The van der Waals surface area contributed by atoms with Crippen molar-refractivity contribution in [2.75, 3.05) is 0 Å². The lowest BCUT2D eigenvalue weighted by molar-refractivity contribution is -0.137. The molecule has 0 amide bonds. The summed E-state index contributed by atoms with van der Waals surface area (Å²) in [6.45, 7) is 11.5. The molecule has 218 valence electrons. The number of hydrogen-bond donors (Lipinski definition) is 1. The normalized spacial score (nSPS) is 15.1. The van der Waals surface area contributed by atoms with Crippen LogP contribution in [0.2, 0.25) is 5.02 Å². The van der Waals surface area contributed by atoms with Crippen LogP contribution in [0.5, 0.6) is 0 Å². The molecule has 8 heteroatoms.